The molecule has 1 aromatic rings. The van der Waals surface area contributed by atoms with Gasteiger partial charge in [-0.3, -0.25) is 9.59 Å². The first-order chi connectivity index (χ1) is 7.02. The van der Waals surface area contributed by atoms with Crippen LogP contribution in [0.25, 0.3) is 0 Å². The topological polar surface area (TPSA) is 46.6 Å². The van der Waals surface area contributed by atoms with Gasteiger partial charge >= 0.3 is 0 Å². The van der Waals surface area contributed by atoms with E-state index < -0.39 is 10.9 Å². The number of rotatable bonds is 5. The number of anilines is 1. The summed E-state index contributed by atoms with van der Waals surface area (Å²) in [5.74, 6) is 0.235. The van der Waals surface area contributed by atoms with E-state index in [1.807, 2.05) is 32.6 Å². The summed E-state index contributed by atoms with van der Waals surface area (Å²) in [6.45, 7) is 8.97. The molecular formula is C11H17NO3. The van der Waals surface area contributed by atoms with E-state index in [2.05, 4.69) is 0 Å². The van der Waals surface area contributed by atoms with Crippen LogP contribution in [0.3, 0.4) is 0 Å². The monoisotopic (exact) mass is 211 g/mol. The molecule has 0 spiro atoms. The zero-order chi connectivity index (χ0) is 11.6. The fraction of sp³-hybridized carbons (Fsp3) is 0.636. The predicted octanol–water partition coefficient (Wildman–Crippen LogP) is 0.916. The second-order valence-corrected chi connectivity index (χ2v) is 3.67. The Bertz CT molecular complexity index is 398. The lowest BCUT2D eigenvalue weighted by molar-refractivity contribution is 0.237. The average Bonchev–Trinajstić information content (AvgIpc) is 2.22. The van der Waals surface area contributed by atoms with Gasteiger partial charge < -0.3 is 9.64 Å². The van der Waals surface area contributed by atoms with Gasteiger partial charge in [0.1, 0.15) is 5.69 Å². The summed E-state index contributed by atoms with van der Waals surface area (Å²) in [5.41, 5.74) is -0.473. The van der Waals surface area contributed by atoms with Crippen molar-refractivity contribution >= 4 is 5.69 Å². The summed E-state index contributed by atoms with van der Waals surface area (Å²) in [7, 11) is 0. The molecule has 0 aliphatic heterocycles. The van der Waals surface area contributed by atoms with E-state index in [9.17, 15) is 9.59 Å². The van der Waals surface area contributed by atoms with Crippen molar-refractivity contribution < 1.29 is 4.74 Å². The molecule has 1 aromatic carbocycles. The molecule has 0 amide bonds. The van der Waals surface area contributed by atoms with Gasteiger partial charge in [0.25, 0.3) is 10.9 Å². The number of ether oxygens (including phenoxy) is 1. The van der Waals surface area contributed by atoms with Crippen molar-refractivity contribution in [2.24, 2.45) is 0 Å². The van der Waals surface area contributed by atoms with Crippen LogP contribution in [-0.4, -0.2) is 19.2 Å². The fourth-order valence-corrected chi connectivity index (χ4v) is 1.53. The van der Waals surface area contributed by atoms with E-state index in [-0.39, 0.29) is 11.9 Å². The summed E-state index contributed by atoms with van der Waals surface area (Å²) in [5, 5.41) is 0. The number of hydrogen-bond donors (Lipinski definition) is 0. The lowest BCUT2D eigenvalue weighted by Gasteiger charge is -2.25. The number of hydrogen-bond acceptors (Lipinski definition) is 4. The van der Waals surface area contributed by atoms with E-state index in [1.54, 1.807) is 0 Å². The molecule has 0 fully saturated rings. The minimum atomic E-state index is -0.495. The average molecular weight is 211 g/mol. The quantitative estimate of drug-likeness (QED) is 0.679. The van der Waals surface area contributed by atoms with Crippen LogP contribution in [0.2, 0.25) is 0 Å². The third-order valence-electron chi connectivity index (χ3n) is 2.28. The largest absolute Gasteiger partial charge is 0.485 e. The van der Waals surface area contributed by atoms with Crippen LogP contribution in [0.1, 0.15) is 27.7 Å². The predicted molar refractivity (Wildman–Crippen MR) is 60.7 cm³/mol. The lowest BCUT2D eigenvalue weighted by Crippen LogP contribution is -2.42. The molecule has 0 heterocycles. The Balaban J connectivity index is 3.03. The molecule has 4 heteroatoms. The molecule has 4 nitrogen and oxygen atoms in total. The van der Waals surface area contributed by atoms with Crippen molar-refractivity contribution in [2.75, 3.05) is 18.0 Å². The molecule has 0 saturated carbocycles. The van der Waals surface area contributed by atoms with E-state index in [0.29, 0.717) is 18.8 Å². The van der Waals surface area contributed by atoms with Crippen LogP contribution < -0.4 is 20.5 Å². The third kappa shape index (κ3) is 2.03. The van der Waals surface area contributed by atoms with Crippen LogP contribution in [0.5, 0.6) is 5.75 Å². The standard InChI is InChI=1S/C11H17NO3/c1-5-12(6-2)8-9(13)10(14)11(8)15-7(3)4/h7H,5-6H2,1-4H3. The molecule has 15 heavy (non-hydrogen) atoms. The van der Waals surface area contributed by atoms with Gasteiger partial charge in [-0.2, -0.15) is 0 Å². The van der Waals surface area contributed by atoms with Gasteiger partial charge in [-0.1, -0.05) is 0 Å². The van der Waals surface area contributed by atoms with Gasteiger partial charge in [-0.05, 0) is 27.7 Å². The molecule has 0 aliphatic rings. The Morgan fingerprint density at radius 3 is 2.07 bits per heavy atom. The van der Waals surface area contributed by atoms with Crippen molar-refractivity contribution in [1.82, 2.24) is 0 Å². The summed E-state index contributed by atoms with van der Waals surface area (Å²) in [6, 6.07) is 0. The van der Waals surface area contributed by atoms with Crippen LogP contribution in [0, 0.1) is 0 Å². The molecule has 0 aliphatic carbocycles. The Hall–Kier alpha value is -1.32. The lowest BCUT2D eigenvalue weighted by atomic mass is 10.2. The molecule has 84 valence electrons. The second-order valence-electron chi connectivity index (χ2n) is 3.67. The highest BCUT2D eigenvalue weighted by molar-refractivity contribution is 5.63. The Morgan fingerprint density at radius 2 is 1.67 bits per heavy atom. The third-order valence-corrected chi connectivity index (χ3v) is 2.28. The molecular weight excluding hydrogens is 194 g/mol. The number of nitrogens with zero attached hydrogens (tertiary/aromatic N) is 1. The van der Waals surface area contributed by atoms with Crippen LogP contribution in [0.15, 0.2) is 9.59 Å². The SMILES string of the molecule is CCN(CC)c1c(OC(C)C)c(=O)c1=O. The van der Waals surface area contributed by atoms with E-state index in [1.165, 1.54) is 0 Å². The molecule has 0 radical (unpaired) electrons. The van der Waals surface area contributed by atoms with Gasteiger partial charge in [0, 0.05) is 13.1 Å². The first-order valence-electron chi connectivity index (χ1n) is 5.27. The normalized spacial score (nSPS) is 11.0. The minimum absolute atomic E-state index is 0.0809. The van der Waals surface area contributed by atoms with Gasteiger partial charge in [0.2, 0.25) is 0 Å². The summed E-state index contributed by atoms with van der Waals surface area (Å²) in [4.78, 5) is 24.5. The zero-order valence-corrected chi connectivity index (χ0v) is 9.66. The highest BCUT2D eigenvalue weighted by atomic mass is 16.5. The van der Waals surface area contributed by atoms with Crippen molar-refractivity contribution in [3.63, 3.8) is 0 Å². The molecule has 0 atom stereocenters. The molecule has 0 N–H and O–H groups in total. The Morgan fingerprint density at radius 1 is 1.13 bits per heavy atom. The van der Waals surface area contributed by atoms with Crippen molar-refractivity contribution in [3.05, 3.63) is 20.4 Å². The molecule has 0 unspecified atom stereocenters. The van der Waals surface area contributed by atoms with Crippen molar-refractivity contribution in [2.45, 2.75) is 33.8 Å². The highest BCUT2D eigenvalue weighted by Crippen LogP contribution is 2.23. The van der Waals surface area contributed by atoms with Crippen molar-refractivity contribution in [1.29, 1.82) is 0 Å². The van der Waals surface area contributed by atoms with E-state index in [0.717, 1.165) is 0 Å². The summed E-state index contributed by atoms with van der Waals surface area (Å²) >= 11 is 0. The Kier molecular flexibility index (Phi) is 3.50. The van der Waals surface area contributed by atoms with E-state index >= 15 is 0 Å². The first kappa shape index (κ1) is 11.8. The molecule has 0 bridgehead atoms. The van der Waals surface area contributed by atoms with Gasteiger partial charge in [-0.25, -0.2) is 0 Å². The maximum absolute atomic E-state index is 11.4. The van der Waals surface area contributed by atoms with Crippen LogP contribution in [0.4, 0.5) is 5.69 Å². The maximum Gasteiger partial charge on any atom is 0.272 e. The van der Waals surface area contributed by atoms with Gasteiger partial charge in [-0.15, -0.1) is 0 Å². The van der Waals surface area contributed by atoms with Gasteiger partial charge in [0.15, 0.2) is 5.75 Å². The summed E-state index contributed by atoms with van der Waals surface area (Å²) < 4.78 is 5.33. The molecule has 0 saturated heterocycles. The van der Waals surface area contributed by atoms with E-state index in [4.69, 9.17) is 4.74 Å². The maximum atomic E-state index is 11.4. The first-order valence-corrected chi connectivity index (χ1v) is 5.27. The van der Waals surface area contributed by atoms with Crippen LogP contribution >= 0.6 is 0 Å². The summed E-state index contributed by atoms with van der Waals surface area (Å²) in [6.07, 6.45) is -0.0809. The van der Waals surface area contributed by atoms with Crippen molar-refractivity contribution in [3.8, 4) is 5.75 Å². The molecule has 0 aromatic heterocycles. The smallest absolute Gasteiger partial charge is 0.272 e. The molecule has 1 rings (SSSR count). The fourth-order valence-electron chi connectivity index (χ4n) is 1.53. The Labute approximate surface area is 89.2 Å². The van der Waals surface area contributed by atoms with Gasteiger partial charge in [0.05, 0.1) is 6.10 Å². The highest BCUT2D eigenvalue weighted by Gasteiger charge is 2.26. The van der Waals surface area contributed by atoms with Crippen LogP contribution in [-0.2, 0) is 0 Å². The zero-order valence-electron chi connectivity index (χ0n) is 9.66. The minimum Gasteiger partial charge on any atom is -0.485 e. The second kappa shape index (κ2) is 4.47.